The fraction of sp³-hybridized carbons (Fsp3) is 0.368. The van der Waals surface area contributed by atoms with E-state index in [-0.39, 0.29) is 0 Å². The SMILES string of the molecule is COc1ccc(C)cc1Nc1nc(SC)nc2sc3c(c12)CCCC3. The zero-order chi connectivity index (χ0) is 17.4. The van der Waals surface area contributed by atoms with Crippen molar-refractivity contribution in [1.82, 2.24) is 9.97 Å². The Morgan fingerprint density at radius 3 is 2.84 bits per heavy atom. The first-order chi connectivity index (χ1) is 12.2. The van der Waals surface area contributed by atoms with E-state index in [4.69, 9.17) is 14.7 Å². The number of nitrogens with one attached hydrogen (secondary N) is 1. The van der Waals surface area contributed by atoms with Gasteiger partial charge in [-0.05, 0) is 62.1 Å². The summed E-state index contributed by atoms with van der Waals surface area (Å²) in [4.78, 5) is 12.1. The minimum absolute atomic E-state index is 0.806. The fourth-order valence-corrected chi connectivity index (χ4v) is 5.05. The lowest BCUT2D eigenvalue weighted by Crippen LogP contribution is -2.03. The van der Waals surface area contributed by atoms with E-state index in [9.17, 15) is 0 Å². The van der Waals surface area contributed by atoms with Gasteiger partial charge >= 0.3 is 0 Å². The molecule has 0 saturated heterocycles. The summed E-state index contributed by atoms with van der Waals surface area (Å²) in [5, 5.41) is 5.54. The van der Waals surface area contributed by atoms with Crippen LogP contribution < -0.4 is 10.1 Å². The topological polar surface area (TPSA) is 47.0 Å². The van der Waals surface area contributed by atoms with Crippen molar-refractivity contribution in [2.24, 2.45) is 0 Å². The van der Waals surface area contributed by atoms with Crippen LogP contribution in [0.3, 0.4) is 0 Å². The van der Waals surface area contributed by atoms with Gasteiger partial charge in [0.15, 0.2) is 5.16 Å². The van der Waals surface area contributed by atoms with Gasteiger partial charge in [-0.1, -0.05) is 17.8 Å². The zero-order valence-corrected chi connectivity index (χ0v) is 16.3. The van der Waals surface area contributed by atoms with E-state index in [1.165, 1.54) is 34.2 Å². The Bertz CT molecular complexity index is 936. The van der Waals surface area contributed by atoms with Crippen molar-refractivity contribution in [3.8, 4) is 5.75 Å². The Balaban J connectivity index is 1.88. The third-order valence-electron chi connectivity index (χ3n) is 4.58. The summed E-state index contributed by atoms with van der Waals surface area (Å²) in [6.45, 7) is 2.08. The van der Waals surface area contributed by atoms with Gasteiger partial charge in [-0.25, -0.2) is 9.97 Å². The molecular weight excluding hydrogens is 350 g/mol. The lowest BCUT2D eigenvalue weighted by atomic mass is 9.97. The second-order valence-corrected chi connectivity index (χ2v) is 8.14. The van der Waals surface area contributed by atoms with Gasteiger partial charge in [0.05, 0.1) is 18.2 Å². The number of benzene rings is 1. The van der Waals surface area contributed by atoms with Crippen LogP contribution in [0.4, 0.5) is 11.5 Å². The number of aryl methyl sites for hydroxylation is 3. The van der Waals surface area contributed by atoms with E-state index in [0.29, 0.717) is 0 Å². The Morgan fingerprint density at radius 1 is 1.20 bits per heavy atom. The van der Waals surface area contributed by atoms with Crippen molar-refractivity contribution in [2.75, 3.05) is 18.7 Å². The first-order valence-electron chi connectivity index (χ1n) is 8.47. The molecule has 0 radical (unpaired) electrons. The van der Waals surface area contributed by atoms with Crippen molar-refractivity contribution in [3.63, 3.8) is 0 Å². The van der Waals surface area contributed by atoms with Crippen LogP contribution in [-0.2, 0) is 12.8 Å². The summed E-state index contributed by atoms with van der Waals surface area (Å²) >= 11 is 3.41. The molecule has 1 aliphatic rings. The highest BCUT2D eigenvalue weighted by Gasteiger charge is 2.21. The molecule has 4 rings (SSSR count). The molecule has 0 atom stereocenters. The van der Waals surface area contributed by atoms with E-state index >= 15 is 0 Å². The maximum atomic E-state index is 5.53. The smallest absolute Gasteiger partial charge is 0.190 e. The highest BCUT2D eigenvalue weighted by Crippen LogP contribution is 2.41. The standard InChI is InChI=1S/C19H21N3OS2/c1-11-8-9-14(23-2)13(10-11)20-17-16-12-6-4-5-7-15(12)25-18(16)22-19(21-17)24-3/h8-10H,4-7H2,1-3H3,(H,20,21,22). The Morgan fingerprint density at radius 2 is 2.04 bits per heavy atom. The fourth-order valence-electron chi connectivity index (χ4n) is 3.37. The van der Waals surface area contributed by atoms with Gasteiger partial charge in [0, 0.05) is 4.88 Å². The van der Waals surface area contributed by atoms with Crippen LogP contribution in [0.25, 0.3) is 10.2 Å². The molecule has 25 heavy (non-hydrogen) atoms. The predicted molar refractivity (Wildman–Crippen MR) is 107 cm³/mol. The molecular formula is C19H21N3OS2. The van der Waals surface area contributed by atoms with Gasteiger partial charge in [-0.2, -0.15) is 0 Å². The van der Waals surface area contributed by atoms with E-state index in [1.807, 2.05) is 23.7 Å². The molecule has 130 valence electrons. The van der Waals surface area contributed by atoms with Gasteiger partial charge in [0.1, 0.15) is 16.4 Å². The van der Waals surface area contributed by atoms with Crippen LogP contribution in [-0.4, -0.2) is 23.3 Å². The molecule has 4 nitrogen and oxygen atoms in total. The van der Waals surface area contributed by atoms with Crippen molar-refractivity contribution < 1.29 is 4.74 Å². The summed E-state index contributed by atoms with van der Waals surface area (Å²) in [7, 11) is 1.70. The number of nitrogens with zero attached hydrogens (tertiary/aromatic N) is 2. The average Bonchev–Trinajstić information content (AvgIpc) is 3.00. The largest absolute Gasteiger partial charge is 0.495 e. The van der Waals surface area contributed by atoms with Crippen molar-refractivity contribution in [1.29, 1.82) is 0 Å². The van der Waals surface area contributed by atoms with Crippen LogP contribution in [0.2, 0.25) is 0 Å². The Hall–Kier alpha value is -1.79. The van der Waals surface area contributed by atoms with Gasteiger partial charge in [-0.3, -0.25) is 0 Å². The summed E-state index contributed by atoms with van der Waals surface area (Å²) < 4.78 is 5.53. The summed E-state index contributed by atoms with van der Waals surface area (Å²) in [5.41, 5.74) is 3.57. The number of ether oxygens (including phenoxy) is 1. The molecule has 0 unspecified atom stereocenters. The van der Waals surface area contributed by atoms with E-state index in [2.05, 4.69) is 24.4 Å². The third-order valence-corrected chi connectivity index (χ3v) is 6.32. The minimum atomic E-state index is 0.806. The van der Waals surface area contributed by atoms with Crippen molar-refractivity contribution in [2.45, 2.75) is 37.8 Å². The number of anilines is 2. The molecule has 2 heterocycles. The van der Waals surface area contributed by atoms with Gasteiger partial charge in [0.2, 0.25) is 0 Å². The molecule has 2 aromatic heterocycles. The first kappa shape index (κ1) is 16.7. The molecule has 0 fully saturated rings. The molecule has 0 saturated carbocycles. The molecule has 3 aromatic rings. The monoisotopic (exact) mass is 371 g/mol. The number of thioether (sulfide) groups is 1. The quantitative estimate of drug-likeness (QED) is 0.495. The third kappa shape index (κ3) is 3.09. The molecule has 1 aliphatic carbocycles. The Labute approximate surface area is 156 Å². The highest BCUT2D eigenvalue weighted by atomic mass is 32.2. The Kier molecular flexibility index (Phi) is 4.56. The number of thiophene rings is 1. The molecule has 1 N–H and O–H groups in total. The molecule has 6 heteroatoms. The van der Waals surface area contributed by atoms with Crippen LogP contribution in [0.1, 0.15) is 28.8 Å². The van der Waals surface area contributed by atoms with Gasteiger partial charge < -0.3 is 10.1 Å². The molecule has 0 amide bonds. The highest BCUT2D eigenvalue weighted by molar-refractivity contribution is 7.98. The number of rotatable bonds is 4. The van der Waals surface area contributed by atoms with E-state index in [0.717, 1.165) is 40.1 Å². The number of fused-ring (bicyclic) bond motifs is 3. The van der Waals surface area contributed by atoms with Gasteiger partial charge in [0.25, 0.3) is 0 Å². The van der Waals surface area contributed by atoms with Crippen molar-refractivity contribution in [3.05, 3.63) is 34.2 Å². The van der Waals surface area contributed by atoms with E-state index < -0.39 is 0 Å². The summed E-state index contributed by atoms with van der Waals surface area (Å²) in [5.74, 6) is 1.73. The summed E-state index contributed by atoms with van der Waals surface area (Å²) in [6.07, 6.45) is 6.83. The zero-order valence-electron chi connectivity index (χ0n) is 14.7. The first-order valence-corrected chi connectivity index (χ1v) is 10.5. The molecule has 0 spiro atoms. The van der Waals surface area contributed by atoms with Crippen LogP contribution in [0.15, 0.2) is 23.4 Å². The second kappa shape index (κ2) is 6.84. The number of hydrogen-bond donors (Lipinski definition) is 1. The van der Waals surface area contributed by atoms with Gasteiger partial charge in [-0.15, -0.1) is 11.3 Å². The number of aromatic nitrogens is 2. The maximum Gasteiger partial charge on any atom is 0.190 e. The average molecular weight is 372 g/mol. The molecule has 1 aromatic carbocycles. The summed E-state index contributed by atoms with van der Waals surface area (Å²) in [6, 6.07) is 6.15. The molecule has 0 bridgehead atoms. The van der Waals surface area contributed by atoms with Crippen molar-refractivity contribution >= 4 is 44.8 Å². The second-order valence-electron chi connectivity index (χ2n) is 6.28. The lowest BCUT2D eigenvalue weighted by molar-refractivity contribution is 0.416. The minimum Gasteiger partial charge on any atom is -0.495 e. The molecule has 0 aliphatic heterocycles. The van der Waals surface area contributed by atoms with Crippen LogP contribution >= 0.6 is 23.1 Å². The number of hydrogen-bond acceptors (Lipinski definition) is 6. The normalized spacial score (nSPS) is 13.7. The number of methoxy groups -OCH3 is 1. The van der Waals surface area contributed by atoms with Crippen LogP contribution in [0, 0.1) is 6.92 Å². The maximum absolute atomic E-state index is 5.53. The van der Waals surface area contributed by atoms with E-state index in [1.54, 1.807) is 18.9 Å². The lowest BCUT2D eigenvalue weighted by Gasteiger charge is -2.15. The van der Waals surface area contributed by atoms with Crippen LogP contribution in [0.5, 0.6) is 5.75 Å². The predicted octanol–water partition coefficient (Wildman–Crippen LogP) is 5.35.